The topological polar surface area (TPSA) is 84.9 Å². The minimum absolute atomic E-state index is 0.109. The fourth-order valence-electron chi connectivity index (χ4n) is 3.39. The van der Waals surface area contributed by atoms with Gasteiger partial charge in [0.05, 0.1) is 38.1 Å². The predicted octanol–water partition coefficient (Wildman–Crippen LogP) is 1.14. The van der Waals surface area contributed by atoms with E-state index in [1.165, 1.54) is 6.92 Å². The number of morpholine rings is 2. The van der Waals surface area contributed by atoms with Crippen LogP contribution in [0.4, 0.5) is 5.82 Å². The molecule has 8 heteroatoms. The van der Waals surface area contributed by atoms with Crippen LogP contribution in [0.15, 0.2) is 18.3 Å². The summed E-state index contributed by atoms with van der Waals surface area (Å²) < 4.78 is 10.7. The van der Waals surface area contributed by atoms with E-state index < -0.39 is 0 Å². The smallest absolute Gasteiger partial charge is 0.254 e. The van der Waals surface area contributed by atoms with Crippen molar-refractivity contribution >= 4 is 28.5 Å². The molecule has 0 unspecified atom stereocenters. The molecule has 2 fully saturated rings. The molecule has 0 aliphatic carbocycles. The molecule has 0 atom stereocenters. The van der Waals surface area contributed by atoms with Gasteiger partial charge in [-0.05, 0) is 19.1 Å². The second kappa shape index (κ2) is 7.58. The van der Waals surface area contributed by atoms with E-state index in [-0.39, 0.29) is 11.7 Å². The summed E-state index contributed by atoms with van der Waals surface area (Å²) in [5.41, 5.74) is 1.97. The largest absolute Gasteiger partial charge is 0.378 e. The van der Waals surface area contributed by atoms with Gasteiger partial charge in [-0.3, -0.25) is 14.6 Å². The van der Waals surface area contributed by atoms with Gasteiger partial charge < -0.3 is 19.3 Å². The lowest BCUT2D eigenvalue weighted by Gasteiger charge is -2.28. The zero-order chi connectivity index (χ0) is 18.8. The highest BCUT2D eigenvalue weighted by Gasteiger charge is 2.22. The van der Waals surface area contributed by atoms with Crippen molar-refractivity contribution in [3.8, 4) is 0 Å². The van der Waals surface area contributed by atoms with Crippen LogP contribution in [0, 0.1) is 0 Å². The van der Waals surface area contributed by atoms with Gasteiger partial charge in [0.25, 0.3) is 5.91 Å². The highest BCUT2D eigenvalue weighted by atomic mass is 16.5. The molecule has 1 aromatic carbocycles. The number of rotatable bonds is 3. The van der Waals surface area contributed by atoms with Gasteiger partial charge >= 0.3 is 0 Å². The van der Waals surface area contributed by atoms with Gasteiger partial charge in [0.1, 0.15) is 11.3 Å². The van der Waals surface area contributed by atoms with Crippen molar-refractivity contribution in [1.82, 2.24) is 14.9 Å². The van der Waals surface area contributed by atoms with E-state index in [4.69, 9.17) is 9.47 Å². The van der Waals surface area contributed by atoms with Gasteiger partial charge in [0, 0.05) is 37.3 Å². The zero-order valence-corrected chi connectivity index (χ0v) is 15.3. The lowest BCUT2D eigenvalue weighted by molar-refractivity contribution is 0.0303. The molecule has 1 amide bonds. The first-order valence-corrected chi connectivity index (χ1v) is 9.15. The Kier molecular flexibility index (Phi) is 5.00. The number of hydrogen-bond acceptors (Lipinski definition) is 7. The monoisotopic (exact) mass is 370 g/mol. The van der Waals surface area contributed by atoms with Crippen molar-refractivity contribution in [2.24, 2.45) is 0 Å². The van der Waals surface area contributed by atoms with Gasteiger partial charge in [0.2, 0.25) is 0 Å². The minimum Gasteiger partial charge on any atom is -0.378 e. The molecule has 1 aromatic heterocycles. The Morgan fingerprint density at radius 1 is 1.00 bits per heavy atom. The van der Waals surface area contributed by atoms with E-state index >= 15 is 0 Å². The molecule has 4 rings (SSSR count). The second-order valence-electron chi connectivity index (χ2n) is 6.68. The predicted molar refractivity (Wildman–Crippen MR) is 99.3 cm³/mol. The maximum Gasteiger partial charge on any atom is 0.254 e. The van der Waals surface area contributed by atoms with Crippen LogP contribution < -0.4 is 4.90 Å². The number of nitrogens with zero attached hydrogens (tertiary/aromatic N) is 4. The number of fused-ring (bicyclic) bond motifs is 1. The Morgan fingerprint density at radius 2 is 1.67 bits per heavy atom. The summed E-state index contributed by atoms with van der Waals surface area (Å²) >= 11 is 0. The van der Waals surface area contributed by atoms with E-state index in [0.717, 1.165) is 18.9 Å². The van der Waals surface area contributed by atoms with E-state index in [0.29, 0.717) is 61.7 Å². The first kappa shape index (κ1) is 17.8. The maximum atomic E-state index is 12.8. The third-order valence-corrected chi connectivity index (χ3v) is 4.89. The highest BCUT2D eigenvalue weighted by Crippen LogP contribution is 2.23. The van der Waals surface area contributed by atoms with Crippen molar-refractivity contribution in [1.29, 1.82) is 0 Å². The van der Waals surface area contributed by atoms with Gasteiger partial charge in [-0.25, -0.2) is 4.98 Å². The molecular weight excluding hydrogens is 348 g/mol. The van der Waals surface area contributed by atoms with Crippen LogP contribution in [0.2, 0.25) is 0 Å². The molecule has 3 heterocycles. The third-order valence-electron chi connectivity index (χ3n) is 4.89. The number of aromatic nitrogens is 2. The van der Waals surface area contributed by atoms with Crippen molar-refractivity contribution in [3.63, 3.8) is 0 Å². The zero-order valence-electron chi connectivity index (χ0n) is 15.3. The summed E-state index contributed by atoms with van der Waals surface area (Å²) in [6, 6.07) is 3.36. The average molecular weight is 370 g/mol. The van der Waals surface area contributed by atoms with E-state index in [1.807, 2.05) is 0 Å². The van der Waals surface area contributed by atoms with E-state index in [2.05, 4.69) is 14.9 Å². The first-order valence-electron chi connectivity index (χ1n) is 9.15. The molecular formula is C19H22N4O4. The van der Waals surface area contributed by atoms with Crippen molar-refractivity contribution in [3.05, 3.63) is 29.5 Å². The molecule has 27 heavy (non-hydrogen) atoms. The molecule has 0 saturated carbocycles. The Bertz CT molecular complexity index is 873. The summed E-state index contributed by atoms with van der Waals surface area (Å²) in [5, 5.41) is 0. The number of carbonyl (C=O) groups is 2. The fraction of sp³-hybridized carbons (Fsp3) is 0.474. The van der Waals surface area contributed by atoms with Gasteiger partial charge in [-0.15, -0.1) is 0 Å². The number of hydrogen-bond donors (Lipinski definition) is 0. The molecule has 0 radical (unpaired) electrons. The van der Waals surface area contributed by atoms with Crippen LogP contribution in [0.3, 0.4) is 0 Å². The number of ketones is 1. The Labute approximate surface area is 157 Å². The molecule has 0 spiro atoms. The Hall–Kier alpha value is -2.58. The molecule has 2 saturated heterocycles. The Balaban J connectivity index is 1.73. The van der Waals surface area contributed by atoms with Crippen LogP contribution >= 0.6 is 0 Å². The lowest BCUT2D eigenvalue weighted by Crippen LogP contribution is -2.40. The number of benzene rings is 1. The highest BCUT2D eigenvalue weighted by molar-refractivity contribution is 6.08. The van der Waals surface area contributed by atoms with Crippen molar-refractivity contribution in [2.45, 2.75) is 6.92 Å². The summed E-state index contributed by atoms with van der Waals surface area (Å²) in [6.45, 7) is 6.41. The molecule has 142 valence electrons. The summed E-state index contributed by atoms with van der Waals surface area (Å²) in [4.78, 5) is 38.1. The lowest BCUT2D eigenvalue weighted by atomic mass is 10.0. The van der Waals surface area contributed by atoms with Gasteiger partial charge in [0.15, 0.2) is 5.78 Å². The van der Waals surface area contributed by atoms with Crippen molar-refractivity contribution < 1.29 is 19.1 Å². The summed E-state index contributed by atoms with van der Waals surface area (Å²) in [5.74, 6) is 0.479. The van der Waals surface area contributed by atoms with Gasteiger partial charge in [-0.2, -0.15) is 0 Å². The van der Waals surface area contributed by atoms with Crippen LogP contribution in [0.25, 0.3) is 11.0 Å². The number of ether oxygens (including phenoxy) is 2. The average Bonchev–Trinajstić information content (AvgIpc) is 2.73. The Morgan fingerprint density at radius 3 is 2.33 bits per heavy atom. The number of Topliss-reactive ketones (excluding diaryl/α,β-unsaturated/α-hetero) is 1. The van der Waals surface area contributed by atoms with Crippen molar-refractivity contribution in [2.75, 3.05) is 57.5 Å². The summed E-state index contributed by atoms with van der Waals surface area (Å²) in [7, 11) is 0. The molecule has 0 bridgehead atoms. The maximum absolute atomic E-state index is 12.8. The number of carbonyl (C=O) groups excluding carboxylic acids is 2. The molecule has 2 aromatic rings. The normalized spacial score (nSPS) is 18.0. The standard InChI is InChI=1S/C19H22N4O4/c1-13(24)15-10-14(19(25)23-4-8-27-9-5-23)11-16-18(15)21-17(12-20-16)22-2-6-26-7-3-22/h10-12H,2-9H2,1H3. The molecule has 2 aliphatic rings. The quantitative estimate of drug-likeness (QED) is 0.749. The molecule has 2 aliphatic heterocycles. The number of amides is 1. The fourth-order valence-corrected chi connectivity index (χ4v) is 3.39. The minimum atomic E-state index is -0.134. The van der Waals surface area contributed by atoms with Crippen LogP contribution in [-0.4, -0.2) is 79.2 Å². The molecule has 0 N–H and O–H groups in total. The molecule has 8 nitrogen and oxygen atoms in total. The second-order valence-corrected chi connectivity index (χ2v) is 6.68. The first-order chi connectivity index (χ1) is 13.1. The van der Waals surface area contributed by atoms with Gasteiger partial charge in [-0.1, -0.05) is 0 Å². The van der Waals surface area contributed by atoms with Crippen LogP contribution in [0.5, 0.6) is 0 Å². The number of anilines is 1. The van der Waals surface area contributed by atoms with E-state index in [1.54, 1.807) is 23.2 Å². The summed E-state index contributed by atoms with van der Waals surface area (Å²) in [6.07, 6.45) is 1.70. The van der Waals surface area contributed by atoms with Crippen LogP contribution in [-0.2, 0) is 9.47 Å². The van der Waals surface area contributed by atoms with E-state index in [9.17, 15) is 9.59 Å². The van der Waals surface area contributed by atoms with Crippen LogP contribution in [0.1, 0.15) is 27.6 Å². The SMILES string of the molecule is CC(=O)c1cc(C(=O)N2CCOCC2)cc2ncc(N3CCOCC3)nc12. The third kappa shape index (κ3) is 3.63.